The number of benzene rings is 2. The van der Waals surface area contributed by atoms with Crippen LogP contribution in [0.1, 0.15) is 11.1 Å². The second-order valence-electron chi connectivity index (χ2n) is 3.99. The zero-order chi connectivity index (χ0) is 12.3. The summed E-state index contributed by atoms with van der Waals surface area (Å²) in [7, 11) is 0. The Bertz CT molecular complexity index is 547. The molecule has 0 unspecified atom stereocenters. The fraction of sp³-hybridized carbons (Fsp3) is 0.0714. The number of rotatable bonds is 3. The van der Waals surface area contributed by atoms with E-state index in [4.69, 9.17) is 11.1 Å². The minimum atomic E-state index is 0.686. The number of nitrogens with two attached hydrogens (primary N) is 1. The zero-order valence-corrected chi connectivity index (χ0v) is 9.70. The van der Waals surface area contributed by atoms with Crippen molar-refractivity contribution in [2.45, 2.75) is 6.92 Å². The van der Waals surface area contributed by atoms with E-state index in [1.165, 1.54) is 11.8 Å². The summed E-state index contributed by atoms with van der Waals surface area (Å²) in [5, 5.41) is 10.6. The van der Waals surface area contributed by atoms with Crippen molar-refractivity contribution in [2.75, 3.05) is 11.1 Å². The summed E-state index contributed by atoms with van der Waals surface area (Å²) in [5.74, 6) is 0. The molecule has 0 aliphatic rings. The summed E-state index contributed by atoms with van der Waals surface area (Å²) in [6.07, 6.45) is 1.32. The Kier molecular flexibility index (Phi) is 3.10. The van der Waals surface area contributed by atoms with E-state index in [1.54, 1.807) is 6.07 Å². The maximum atomic E-state index is 7.36. The second-order valence-corrected chi connectivity index (χ2v) is 3.99. The van der Waals surface area contributed by atoms with Crippen LogP contribution in [-0.4, -0.2) is 6.21 Å². The lowest BCUT2D eigenvalue weighted by molar-refractivity contribution is 1.44. The third kappa shape index (κ3) is 2.64. The number of hydrogen-bond acceptors (Lipinski definition) is 3. The molecule has 86 valence electrons. The van der Waals surface area contributed by atoms with Crippen LogP contribution in [0.15, 0.2) is 42.5 Å². The number of anilines is 3. The molecule has 3 nitrogen and oxygen atoms in total. The minimum Gasteiger partial charge on any atom is -0.399 e. The molecule has 0 aliphatic heterocycles. The molecule has 0 radical (unpaired) electrons. The first-order chi connectivity index (χ1) is 8.19. The highest BCUT2D eigenvalue weighted by atomic mass is 14.9. The molecule has 0 bridgehead atoms. The van der Waals surface area contributed by atoms with E-state index in [2.05, 4.69) is 11.4 Å². The fourth-order valence-corrected chi connectivity index (χ4v) is 1.69. The van der Waals surface area contributed by atoms with Crippen LogP contribution < -0.4 is 11.1 Å². The summed E-state index contributed by atoms with van der Waals surface area (Å²) in [6.45, 7) is 2.04. The Labute approximate surface area is 101 Å². The fourth-order valence-electron chi connectivity index (χ4n) is 1.69. The smallest absolute Gasteiger partial charge is 0.0493 e. The highest BCUT2D eigenvalue weighted by Crippen LogP contribution is 2.22. The molecule has 4 N–H and O–H groups in total. The Morgan fingerprint density at radius 2 is 2.00 bits per heavy atom. The monoisotopic (exact) mass is 225 g/mol. The first-order valence-corrected chi connectivity index (χ1v) is 5.43. The molecule has 17 heavy (non-hydrogen) atoms. The van der Waals surface area contributed by atoms with E-state index in [1.807, 2.05) is 37.3 Å². The molecule has 0 amide bonds. The number of nitrogen functional groups attached to an aromatic ring is 1. The molecule has 2 aromatic carbocycles. The zero-order valence-electron chi connectivity index (χ0n) is 9.70. The quantitative estimate of drug-likeness (QED) is 0.554. The third-order valence-corrected chi connectivity index (χ3v) is 2.53. The van der Waals surface area contributed by atoms with Crippen LogP contribution in [0.4, 0.5) is 17.1 Å². The summed E-state index contributed by atoms with van der Waals surface area (Å²) >= 11 is 0. The standard InChI is InChI=1S/C14H15N3/c1-10-3-2-4-13(7-10)17-14-8-12(16)6-5-11(14)9-15/h2-9,15,17H,16H2,1H3. The van der Waals surface area contributed by atoms with Crippen molar-refractivity contribution in [2.24, 2.45) is 0 Å². The normalized spacial score (nSPS) is 9.94. The lowest BCUT2D eigenvalue weighted by atomic mass is 10.1. The predicted octanol–water partition coefficient (Wildman–Crippen LogP) is 3.32. The molecule has 0 heterocycles. The van der Waals surface area contributed by atoms with Crippen molar-refractivity contribution in [3.8, 4) is 0 Å². The lowest BCUT2D eigenvalue weighted by Gasteiger charge is -2.10. The van der Waals surface area contributed by atoms with Gasteiger partial charge in [-0.25, -0.2) is 0 Å². The van der Waals surface area contributed by atoms with Gasteiger partial charge in [0, 0.05) is 28.8 Å². The van der Waals surface area contributed by atoms with Gasteiger partial charge in [-0.05, 0) is 42.8 Å². The van der Waals surface area contributed by atoms with Gasteiger partial charge in [-0.3, -0.25) is 0 Å². The van der Waals surface area contributed by atoms with E-state index in [0.29, 0.717) is 5.69 Å². The van der Waals surface area contributed by atoms with Gasteiger partial charge in [0.2, 0.25) is 0 Å². The SMILES string of the molecule is Cc1cccc(Nc2cc(N)ccc2C=N)c1. The average Bonchev–Trinajstić information content (AvgIpc) is 2.29. The molecule has 3 heteroatoms. The van der Waals surface area contributed by atoms with Crippen molar-refractivity contribution < 1.29 is 0 Å². The van der Waals surface area contributed by atoms with E-state index < -0.39 is 0 Å². The molecule has 2 rings (SSSR count). The molecular formula is C14H15N3. The first-order valence-electron chi connectivity index (χ1n) is 5.43. The second kappa shape index (κ2) is 4.70. The molecule has 0 saturated carbocycles. The van der Waals surface area contributed by atoms with Crippen molar-refractivity contribution in [3.63, 3.8) is 0 Å². The van der Waals surface area contributed by atoms with Crippen molar-refractivity contribution in [1.29, 1.82) is 5.41 Å². The van der Waals surface area contributed by atoms with Gasteiger partial charge in [-0.1, -0.05) is 12.1 Å². The van der Waals surface area contributed by atoms with Gasteiger partial charge < -0.3 is 16.5 Å². The Morgan fingerprint density at radius 3 is 2.71 bits per heavy atom. The van der Waals surface area contributed by atoms with E-state index in [0.717, 1.165) is 16.9 Å². The minimum absolute atomic E-state index is 0.686. The summed E-state index contributed by atoms with van der Waals surface area (Å²) < 4.78 is 0. The topological polar surface area (TPSA) is 61.9 Å². The maximum absolute atomic E-state index is 7.36. The molecule has 0 atom stereocenters. The molecule has 0 aromatic heterocycles. The van der Waals surface area contributed by atoms with Crippen LogP contribution in [0.3, 0.4) is 0 Å². The Balaban J connectivity index is 2.35. The van der Waals surface area contributed by atoms with Crippen LogP contribution in [0.5, 0.6) is 0 Å². The molecule has 0 aliphatic carbocycles. The van der Waals surface area contributed by atoms with Crippen LogP contribution in [0.2, 0.25) is 0 Å². The summed E-state index contributed by atoms with van der Waals surface area (Å²) in [5.41, 5.74) is 10.3. The van der Waals surface area contributed by atoms with Gasteiger partial charge in [-0.2, -0.15) is 0 Å². The Morgan fingerprint density at radius 1 is 1.18 bits per heavy atom. The largest absolute Gasteiger partial charge is 0.399 e. The highest BCUT2D eigenvalue weighted by Gasteiger charge is 2.01. The van der Waals surface area contributed by atoms with E-state index in [-0.39, 0.29) is 0 Å². The molecule has 2 aromatic rings. The number of aryl methyl sites for hydroxylation is 1. The van der Waals surface area contributed by atoms with Crippen LogP contribution in [0, 0.1) is 12.3 Å². The van der Waals surface area contributed by atoms with Crippen LogP contribution in [0.25, 0.3) is 0 Å². The van der Waals surface area contributed by atoms with Crippen LogP contribution in [-0.2, 0) is 0 Å². The molecule has 0 spiro atoms. The van der Waals surface area contributed by atoms with Crippen LogP contribution >= 0.6 is 0 Å². The number of nitrogens with one attached hydrogen (secondary N) is 2. The summed E-state index contributed by atoms with van der Waals surface area (Å²) in [6, 6.07) is 13.5. The van der Waals surface area contributed by atoms with E-state index >= 15 is 0 Å². The van der Waals surface area contributed by atoms with Crippen molar-refractivity contribution in [3.05, 3.63) is 53.6 Å². The molecule has 0 saturated heterocycles. The summed E-state index contributed by atoms with van der Waals surface area (Å²) in [4.78, 5) is 0. The Hall–Kier alpha value is -2.29. The van der Waals surface area contributed by atoms with Gasteiger partial charge >= 0.3 is 0 Å². The molecular weight excluding hydrogens is 210 g/mol. The maximum Gasteiger partial charge on any atom is 0.0493 e. The van der Waals surface area contributed by atoms with Crippen molar-refractivity contribution >= 4 is 23.3 Å². The average molecular weight is 225 g/mol. The highest BCUT2D eigenvalue weighted by molar-refractivity contribution is 5.88. The predicted molar refractivity (Wildman–Crippen MR) is 73.2 cm³/mol. The number of hydrogen-bond donors (Lipinski definition) is 3. The first kappa shape index (κ1) is 11.2. The molecule has 0 fully saturated rings. The van der Waals surface area contributed by atoms with Gasteiger partial charge in [0.15, 0.2) is 0 Å². The van der Waals surface area contributed by atoms with Gasteiger partial charge in [-0.15, -0.1) is 0 Å². The van der Waals surface area contributed by atoms with Gasteiger partial charge in [0.1, 0.15) is 0 Å². The van der Waals surface area contributed by atoms with Gasteiger partial charge in [0.05, 0.1) is 0 Å². The lowest BCUT2D eigenvalue weighted by Crippen LogP contribution is -1.97. The van der Waals surface area contributed by atoms with Gasteiger partial charge in [0.25, 0.3) is 0 Å². The third-order valence-electron chi connectivity index (χ3n) is 2.53. The van der Waals surface area contributed by atoms with E-state index in [9.17, 15) is 0 Å². The van der Waals surface area contributed by atoms with Crippen molar-refractivity contribution in [1.82, 2.24) is 0 Å².